The van der Waals surface area contributed by atoms with Gasteiger partial charge < -0.3 is 0 Å². The number of carbonyl (C=O) groups excluding carboxylic acids is 1. The maximum Gasteiger partial charge on any atom is 0.262 e. The lowest BCUT2D eigenvalue weighted by Crippen LogP contribution is -2.13. The van der Waals surface area contributed by atoms with Gasteiger partial charge in [0.15, 0.2) is 5.78 Å². The molecule has 0 aromatic heterocycles. The molecule has 3 aromatic carbocycles. The zero-order chi connectivity index (χ0) is 16.4. The fourth-order valence-corrected chi connectivity index (χ4v) is 3.72. The minimum atomic E-state index is -3.74. The third-order valence-electron chi connectivity index (χ3n) is 3.56. The Kier molecular flexibility index (Phi) is 3.88. The number of ketones is 1. The van der Waals surface area contributed by atoms with E-state index in [1.807, 2.05) is 18.2 Å². The smallest absolute Gasteiger partial charge is 0.262 e. The van der Waals surface area contributed by atoms with Crippen molar-refractivity contribution in [2.24, 2.45) is 0 Å². The number of sulfonamides is 1. The molecule has 0 bridgehead atoms. The summed E-state index contributed by atoms with van der Waals surface area (Å²) in [7, 11) is -3.74. The number of hydrogen-bond acceptors (Lipinski definition) is 3. The lowest BCUT2D eigenvalue weighted by Gasteiger charge is -2.11. The van der Waals surface area contributed by atoms with Gasteiger partial charge in [-0.2, -0.15) is 0 Å². The van der Waals surface area contributed by atoms with Crippen molar-refractivity contribution < 1.29 is 13.2 Å². The average Bonchev–Trinajstić information content (AvgIpc) is 2.54. The van der Waals surface area contributed by atoms with E-state index >= 15 is 0 Å². The van der Waals surface area contributed by atoms with Gasteiger partial charge in [0.25, 0.3) is 10.0 Å². The van der Waals surface area contributed by atoms with E-state index in [0.29, 0.717) is 16.6 Å². The zero-order valence-electron chi connectivity index (χ0n) is 12.5. The van der Waals surface area contributed by atoms with E-state index in [0.717, 1.165) is 5.39 Å². The molecule has 0 aliphatic carbocycles. The highest BCUT2D eigenvalue weighted by Crippen LogP contribution is 2.25. The summed E-state index contributed by atoms with van der Waals surface area (Å²) in [4.78, 5) is 11.6. The van der Waals surface area contributed by atoms with Gasteiger partial charge in [-0.05, 0) is 30.5 Å². The van der Waals surface area contributed by atoms with Gasteiger partial charge >= 0.3 is 0 Å². The van der Waals surface area contributed by atoms with Crippen LogP contribution in [0.2, 0.25) is 0 Å². The first-order chi connectivity index (χ1) is 11.0. The first-order valence-electron chi connectivity index (χ1n) is 7.09. The van der Waals surface area contributed by atoms with Crippen LogP contribution in [0.1, 0.15) is 17.3 Å². The largest absolute Gasteiger partial charge is 0.295 e. The number of anilines is 1. The molecule has 3 rings (SSSR count). The van der Waals surface area contributed by atoms with Gasteiger partial charge in [0.05, 0.1) is 4.90 Å². The molecule has 0 aliphatic heterocycles. The molecule has 0 spiro atoms. The van der Waals surface area contributed by atoms with E-state index in [-0.39, 0.29) is 10.7 Å². The molecule has 5 heteroatoms. The van der Waals surface area contributed by atoms with Gasteiger partial charge in [-0.3, -0.25) is 9.52 Å². The Hall–Kier alpha value is -2.66. The van der Waals surface area contributed by atoms with Gasteiger partial charge in [-0.1, -0.05) is 48.5 Å². The summed E-state index contributed by atoms with van der Waals surface area (Å²) in [5.74, 6) is -0.115. The first kappa shape index (κ1) is 15.2. The number of nitrogens with one attached hydrogen (secondary N) is 1. The number of Topliss-reactive ketones (excluding diaryl/α,β-unsaturated/α-hetero) is 1. The van der Waals surface area contributed by atoms with Crippen molar-refractivity contribution in [1.29, 1.82) is 0 Å². The fraction of sp³-hybridized carbons (Fsp3) is 0.0556. The molecule has 0 amide bonds. The van der Waals surface area contributed by atoms with E-state index < -0.39 is 10.0 Å². The van der Waals surface area contributed by atoms with Crippen LogP contribution in [-0.4, -0.2) is 14.2 Å². The van der Waals surface area contributed by atoms with Gasteiger partial charge in [0, 0.05) is 16.6 Å². The predicted octanol–water partition coefficient (Wildman–Crippen LogP) is 3.84. The Bertz CT molecular complexity index is 989. The van der Waals surface area contributed by atoms with E-state index in [1.54, 1.807) is 42.5 Å². The normalized spacial score (nSPS) is 11.3. The van der Waals surface area contributed by atoms with Crippen molar-refractivity contribution in [3.05, 3.63) is 72.3 Å². The van der Waals surface area contributed by atoms with E-state index in [9.17, 15) is 13.2 Å². The number of hydrogen-bond donors (Lipinski definition) is 1. The van der Waals surface area contributed by atoms with Crippen molar-refractivity contribution in [3.63, 3.8) is 0 Å². The molecule has 0 unspecified atom stereocenters. The zero-order valence-corrected chi connectivity index (χ0v) is 13.3. The first-order valence-corrected chi connectivity index (χ1v) is 8.57. The Labute approximate surface area is 134 Å². The average molecular weight is 325 g/mol. The predicted molar refractivity (Wildman–Crippen MR) is 91.2 cm³/mol. The minimum Gasteiger partial charge on any atom is -0.295 e. The fourth-order valence-electron chi connectivity index (χ4n) is 2.44. The van der Waals surface area contributed by atoms with Gasteiger partial charge in [-0.25, -0.2) is 8.42 Å². The topological polar surface area (TPSA) is 63.2 Å². The molecular formula is C18H15NO3S. The van der Waals surface area contributed by atoms with Crippen molar-refractivity contribution >= 4 is 32.3 Å². The maximum absolute atomic E-state index is 12.7. The number of rotatable bonds is 4. The second kappa shape index (κ2) is 5.85. The molecule has 0 saturated carbocycles. The van der Waals surface area contributed by atoms with Crippen LogP contribution in [0.25, 0.3) is 10.8 Å². The lowest BCUT2D eigenvalue weighted by atomic mass is 10.1. The molecule has 116 valence electrons. The van der Waals surface area contributed by atoms with Crippen LogP contribution >= 0.6 is 0 Å². The summed E-state index contributed by atoms with van der Waals surface area (Å²) >= 11 is 0. The van der Waals surface area contributed by atoms with Crippen LogP contribution in [0.4, 0.5) is 5.69 Å². The molecule has 1 N–H and O–H groups in total. The van der Waals surface area contributed by atoms with Crippen molar-refractivity contribution in [2.45, 2.75) is 11.8 Å². The monoisotopic (exact) mass is 325 g/mol. The van der Waals surface area contributed by atoms with Crippen LogP contribution in [0.3, 0.4) is 0 Å². The molecular weight excluding hydrogens is 310 g/mol. The van der Waals surface area contributed by atoms with Crippen molar-refractivity contribution in [2.75, 3.05) is 4.72 Å². The maximum atomic E-state index is 12.7. The Balaban J connectivity index is 2.05. The molecule has 4 nitrogen and oxygen atoms in total. The Morgan fingerprint density at radius 3 is 2.39 bits per heavy atom. The van der Waals surface area contributed by atoms with Crippen LogP contribution < -0.4 is 4.72 Å². The van der Waals surface area contributed by atoms with Crippen LogP contribution in [0, 0.1) is 0 Å². The molecule has 0 atom stereocenters. The molecule has 0 saturated heterocycles. The molecule has 0 fully saturated rings. The highest BCUT2D eigenvalue weighted by atomic mass is 32.2. The number of benzene rings is 3. The second-order valence-corrected chi connectivity index (χ2v) is 6.87. The molecule has 23 heavy (non-hydrogen) atoms. The third kappa shape index (κ3) is 3.10. The quantitative estimate of drug-likeness (QED) is 0.741. The van der Waals surface area contributed by atoms with E-state index in [1.165, 1.54) is 13.0 Å². The van der Waals surface area contributed by atoms with Crippen LogP contribution in [0.5, 0.6) is 0 Å². The number of fused-ring (bicyclic) bond motifs is 1. The van der Waals surface area contributed by atoms with E-state index in [4.69, 9.17) is 0 Å². The standard InChI is InChI=1S/C18H15NO3S/c1-13(20)15-8-4-9-16(12-15)19-23(21,22)18-11-5-7-14-6-2-3-10-17(14)18/h2-12,19H,1H3. The van der Waals surface area contributed by atoms with Crippen LogP contribution in [0.15, 0.2) is 71.6 Å². The molecule has 3 aromatic rings. The van der Waals surface area contributed by atoms with Gasteiger partial charge in [0.2, 0.25) is 0 Å². The highest BCUT2D eigenvalue weighted by molar-refractivity contribution is 7.93. The van der Waals surface area contributed by atoms with Crippen LogP contribution in [-0.2, 0) is 10.0 Å². The highest BCUT2D eigenvalue weighted by Gasteiger charge is 2.17. The minimum absolute atomic E-state index is 0.115. The summed E-state index contributed by atoms with van der Waals surface area (Å²) in [6, 6.07) is 18.9. The Morgan fingerprint density at radius 2 is 1.61 bits per heavy atom. The molecule has 0 radical (unpaired) electrons. The summed E-state index contributed by atoms with van der Waals surface area (Å²) in [5, 5.41) is 1.51. The second-order valence-electron chi connectivity index (χ2n) is 5.22. The van der Waals surface area contributed by atoms with Crippen molar-refractivity contribution in [3.8, 4) is 0 Å². The summed E-state index contributed by atoms with van der Waals surface area (Å²) in [5.41, 5.74) is 0.828. The Morgan fingerprint density at radius 1 is 0.913 bits per heavy atom. The number of carbonyl (C=O) groups is 1. The van der Waals surface area contributed by atoms with Gasteiger partial charge in [0.1, 0.15) is 0 Å². The summed E-state index contributed by atoms with van der Waals surface area (Å²) in [6.45, 7) is 1.44. The van der Waals surface area contributed by atoms with Crippen molar-refractivity contribution in [1.82, 2.24) is 0 Å². The SMILES string of the molecule is CC(=O)c1cccc(NS(=O)(=O)c2cccc3ccccc23)c1. The van der Waals surface area contributed by atoms with Gasteiger partial charge in [-0.15, -0.1) is 0 Å². The van der Waals surface area contributed by atoms with E-state index in [2.05, 4.69) is 4.72 Å². The summed E-state index contributed by atoms with van der Waals surface area (Å²) in [6.07, 6.45) is 0. The third-order valence-corrected chi connectivity index (χ3v) is 5.00. The lowest BCUT2D eigenvalue weighted by molar-refractivity contribution is 0.101. The summed E-state index contributed by atoms with van der Waals surface area (Å²) < 4.78 is 27.9. The molecule has 0 heterocycles. The molecule has 0 aliphatic rings.